The smallest absolute Gasteiger partial charge is 0.173 e. The molecule has 0 unspecified atom stereocenters. The Labute approximate surface area is 101 Å². The average Bonchev–Trinajstić information content (AvgIpc) is 2.66. The molecule has 1 aromatic heterocycles. The van der Waals surface area contributed by atoms with Crippen LogP contribution in [0.4, 0.5) is 5.82 Å². The Morgan fingerprint density at radius 3 is 2.65 bits per heavy atom. The number of amidine groups is 1. The molecule has 17 heavy (non-hydrogen) atoms. The molecule has 0 bridgehead atoms. The first-order valence-corrected chi connectivity index (χ1v) is 6.01. The Morgan fingerprint density at radius 2 is 2.00 bits per heavy atom. The van der Waals surface area contributed by atoms with Gasteiger partial charge >= 0.3 is 0 Å². The molecule has 0 radical (unpaired) electrons. The van der Waals surface area contributed by atoms with Gasteiger partial charge in [-0.05, 0) is 25.0 Å². The number of pyridine rings is 1. The van der Waals surface area contributed by atoms with Crippen LogP contribution < -0.4 is 10.6 Å². The Balaban J connectivity index is 2.30. The zero-order chi connectivity index (χ0) is 12.1. The fourth-order valence-corrected chi connectivity index (χ4v) is 2.19. The molecular formula is C12H18N4O. The van der Waals surface area contributed by atoms with E-state index in [9.17, 15) is 0 Å². The fraction of sp³-hybridized carbons (Fsp3) is 0.500. The number of aromatic nitrogens is 1. The monoisotopic (exact) mass is 234 g/mol. The predicted octanol–water partition coefficient (Wildman–Crippen LogP) is 1.56. The van der Waals surface area contributed by atoms with Crippen LogP contribution in [0.5, 0.6) is 0 Å². The van der Waals surface area contributed by atoms with E-state index in [1.165, 1.54) is 25.7 Å². The van der Waals surface area contributed by atoms with Crippen molar-refractivity contribution in [1.29, 1.82) is 0 Å². The molecular weight excluding hydrogens is 216 g/mol. The summed E-state index contributed by atoms with van der Waals surface area (Å²) in [6.45, 7) is 1.98. The molecule has 1 aliphatic heterocycles. The number of nitrogens with two attached hydrogens (primary N) is 1. The maximum atomic E-state index is 8.78. The average molecular weight is 234 g/mol. The Morgan fingerprint density at radius 1 is 1.29 bits per heavy atom. The van der Waals surface area contributed by atoms with Gasteiger partial charge < -0.3 is 15.8 Å². The first-order valence-electron chi connectivity index (χ1n) is 6.01. The molecule has 0 saturated carbocycles. The van der Waals surface area contributed by atoms with Gasteiger partial charge in [0.25, 0.3) is 0 Å². The van der Waals surface area contributed by atoms with Crippen molar-refractivity contribution in [3.8, 4) is 0 Å². The normalized spacial score (nSPS) is 17.9. The van der Waals surface area contributed by atoms with Crippen molar-refractivity contribution in [2.24, 2.45) is 10.9 Å². The second kappa shape index (κ2) is 5.52. The first kappa shape index (κ1) is 11.7. The first-order chi connectivity index (χ1) is 8.33. The Kier molecular flexibility index (Phi) is 3.80. The minimum atomic E-state index is 0.123. The molecule has 5 nitrogen and oxygen atoms in total. The second-order valence-electron chi connectivity index (χ2n) is 4.26. The molecule has 5 heteroatoms. The third-order valence-corrected chi connectivity index (χ3v) is 3.08. The van der Waals surface area contributed by atoms with Gasteiger partial charge in [-0.3, -0.25) is 0 Å². The molecule has 2 rings (SSSR count). The summed E-state index contributed by atoms with van der Waals surface area (Å²) in [7, 11) is 0. The molecule has 3 N–H and O–H groups in total. The topological polar surface area (TPSA) is 74.7 Å². The second-order valence-corrected chi connectivity index (χ2v) is 4.26. The maximum absolute atomic E-state index is 8.78. The van der Waals surface area contributed by atoms with E-state index in [-0.39, 0.29) is 5.84 Å². The van der Waals surface area contributed by atoms with Crippen LogP contribution in [0.3, 0.4) is 0 Å². The van der Waals surface area contributed by atoms with Gasteiger partial charge in [-0.25, -0.2) is 4.98 Å². The summed E-state index contributed by atoms with van der Waals surface area (Å²) in [6.07, 6.45) is 6.62. The van der Waals surface area contributed by atoms with E-state index in [1.807, 2.05) is 6.07 Å². The van der Waals surface area contributed by atoms with Gasteiger partial charge in [-0.1, -0.05) is 18.0 Å². The highest BCUT2D eigenvalue weighted by molar-refractivity contribution is 6.01. The largest absolute Gasteiger partial charge is 0.409 e. The number of hydrogen-bond acceptors (Lipinski definition) is 4. The Bertz CT molecular complexity index is 397. The molecule has 1 saturated heterocycles. The SMILES string of the molecule is N/C(=N\O)c1cccnc1N1CCCCCC1. The van der Waals surface area contributed by atoms with Crippen LogP contribution in [0.25, 0.3) is 0 Å². The highest BCUT2D eigenvalue weighted by Crippen LogP contribution is 2.20. The summed E-state index contributed by atoms with van der Waals surface area (Å²) < 4.78 is 0. The molecule has 0 atom stereocenters. The van der Waals surface area contributed by atoms with E-state index in [0.717, 1.165) is 18.9 Å². The van der Waals surface area contributed by atoms with Crippen LogP contribution >= 0.6 is 0 Å². The molecule has 92 valence electrons. The summed E-state index contributed by atoms with van der Waals surface area (Å²) in [5.74, 6) is 0.946. The minimum Gasteiger partial charge on any atom is -0.409 e. The maximum Gasteiger partial charge on any atom is 0.173 e. The fourth-order valence-electron chi connectivity index (χ4n) is 2.19. The summed E-state index contributed by atoms with van der Waals surface area (Å²) in [5.41, 5.74) is 6.38. The lowest BCUT2D eigenvalue weighted by Crippen LogP contribution is -2.28. The van der Waals surface area contributed by atoms with Crippen LogP contribution in [0.15, 0.2) is 23.5 Å². The van der Waals surface area contributed by atoms with Crippen molar-refractivity contribution >= 4 is 11.7 Å². The zero-order valence-electron chi connectivity index (χ0n) is 9.84. The van der Waals surface area contributed by atoms with Crippen LogP contribution in [-0.2, 0) is 0 Å². The number of hydrogen-bond donors (Lipinski definition) is 2. The van der Waals surface area contributed by atoms with E-state index in [0.29, 0.717) is 5.56 Å². The van der Waals surface area contributed by atoms with E-state index in [4.69, 9.17) is 10.9 Å². The summed E-state index contributed by atoms with van der Waals surface area (Å²) in [5, 5.41) is 11.8. The van der Waals surface area contributed by atoms with E-state index < -0.39 is 0 Å². The van der Waals surface area contributed by atoms with Crippen molar-refractivity contribution in [2.45, 2.75) is 25.7 Å². The van der Waals surface area contributed by atoms with E-state index in [2.05, 4.69) is 15.0 Å². The van der Waals surface area contributed by atoms with Gasteiger partial charge in [0.05, 0.1) is 5.56 Å². The van der Waals surface area contributed by atoms with Crippen LogP contribution in [0.2, 0.25) is 0 Å². The van der Waals surface area contributed by atoms with Gasteiger partial charge in [-0.15, -0.1) is 0 Å². The number of oxime groups is 1. The van der Waals surface area contributed by atoms with E-state index >= 15 is 0 Å². The van der Waals surface area contributed by atoms with Gasteiger partial charge in [-0.2, -0.15) is 0 Å². The minimum absolute atomic E-state index is 0.123. The van der Waals surface area contributed by atoms with Crippen molar-refractivity contribution in [1.82, 2.24) is 4.98 Å². The van der Waals surface area contributed by atoms with Gasteiger partial charge in [0.15, 0.2) is 5.84 Å². The van der Waals surface area contributed by atoms with Crippen molar-refractivity contribution in [3.05, 3.63) is 23.9 Å². The van der Waals surface area contributed by atoms with Crippen LogP contribution in [0, 0.1) is 0 Å². The Hall–Kier alpha value is -1.78. The van der Waals surface area contributed by atoms with Crippen LogP contribution in [-0.4, -0.2) is 29.1 Å². The highest BCUT2D eigenvalue weighted by atomic mass is 16.4. The summed E-state index contributed by atoms with van der Waals surface area (Å²) in [4.78, 5) is 6.59. The highest BCUT2D eigenvalue weighted by Gasteiger charge is 2.16. The molecule has 0 amide bonds. The quantitative estimate of drug-likeness (QED) is 0.352. The van der Waals surface area contributed by atoms with E-state index in [1.54, 1.807) is 12.3 Å². The van der Waals surface area contributed by atoms with Crippen LogP contribution in [0.1, 0.15) is 31.2 Å². The third kappa shape index (κ3) is 2.67. The lowest BCUT2D eigenvalue weighted by atomic mass is 10.2. The zero-order valence-corrected chi connectivity index (χ0v) is 9.84. The number of anilines is 1. The van der Waals surface area contributed by atoms with Gasteiger partial charge in [0, 0.05) is 19.3 Å². The van der Waals surface area contributed by atoms with Crippen molar-refractivity contribution < 1.29 is 5.21 Å². The van der Waals surface area contributed by atoms with Gasteiger partial charge in [0.1, 0.15) is 5.82 Å². The number of nitrogens with zero attached hydrogens (tertiary/aromatic N) is 3. The molecule has 0 aliphatic carbocycles. The molecule has 0 spiro atoms. The molecule has 1 aliphatic rings. The lowest BCUT2D eigenvalue weighted by molar-refractivity contribution is 0.318. The summed E-state index contributed by atoms with van der Waals surface area (Å²) >= 11 is 0. The summed E-state index contributed by atoms with van der Waals surface area (Å²) in [6, 6.07) is 3.64. The predicted molar refractivity (Wildman–Crippen MR) is 67.4 cm³/mol. The standard InChI is InChI=1S/C12H18N4O/c13-11(15-17)10-6-5-7-14-12(10)16-8-3-1-2-4-9-16/h5-7,17H,1-4,8-9H2,(H2,13,15). The molecule has 0 aromatic carbocycles. The van der Waals surface area contributed by atoms with Crippen molar-refractivity contribution in [3.63, 3.8) is 0 Å². The number of rotatable bonds is 2. The molecule has 2 heterocycles. The molecule has 1 fully saturated rings. The van der Waals surface area contributed by atoms with Crippen molar-refractivity contribution in [2.75, 3.05) is 18.0 Å². The van der Waals surface area contributed by atoms with Gasteiger partial charge in [0.2, 0.25) is 0 Å². The third-order valence-electron chi connectivity index (χ3n) is 3.08. The lowest BCUT2D eigenvalue weighted by Gasteiger charge is -2.23. The molecule has 1 aromatic rings.